The first kappa shape index (κ1) is 14.0. The van der Waals surface area contributed by atoms with Crippen LogP contribution in [-0.2, 0) is 0 Å². The Morgan fingerprint density at radius 3 is 2.62 bits per heavy atom. The van der Waals surface area contributed by atoms with Gasteiger partial charge in [-0.1, -0.05) is 31.9 Å². The third kappa shape index (κ3) is 3.74. The lowest BCUT2D eigenvalue weighted by Crippen LogP contribution is -2.33. The highest BCUT2D eigenvalue weighted by Crippen LogP contribution is 2.30. The van der Waals surface area contributed by atoms with Crippen molar-refractivity contribution < 1.29 is 0 Å². The van der Waals surface area contributed by atoms with Crippen molar-refractivity contribution in [3.8, 4) is 0 Å². The summed E-state index contributed by atoms with van der Waals surface area (Å²) in [5.74, 6) is 0. The normalized spacial score (nSPS) is 13.3. The zero-order valence-corrected chi connectivity index (χ0v) is 11.7. The average molecular weight is 261 g/mol. The molecule has 0 aromatic carbocycles. The molecule has 16 heavy (non-hydrogen) atoms. The van der Waals surface area contributed by atoms with Crippen LogP contribution >= 0.6 is 22.9 Å². The van der Waals surface area contributed by atoms with Crippen LogP contribution in [-0.4, -0.2) is 24.5 Å². The highest BCUT2D eigenvalue weighted by Gasteiger charge is 2.18. The Balaban J connectivity index is 2.70. The number of hydrogen-bond donors (Lipinski definition) is 1. The number of nitrogens with zero attached hydrogens (tertiary/aromatic N) is 1. The van der Waals surface area contributed by atoms with Gasteiger partial charge in [0, 0.05) is 11.4 Å². The Bertz CT molecular complexity index is 301. The first-order valence-corrected chi connectivity index (χ1v) is 7.11. The highest BCUT2D eigenvalue weighted by atomic mass is 35.5. The molecule has 2 N–H and O–H groups in total. The third-order valence-corrected chi connectivity index (χ3v) is 4.12. The zero-order valence-electron chi connectivity index (χ0n) is 10.1. The molecule has 0 spiro atoms. The molecular formula is C12H21ClN2S. The molecule has 0 bridgehead atoms. The largest absolute Gasteiger partial charge is 0.329 e. The topological polar surface area (TPSA) is 29.3 Å². The van der Waals surface area contributed by atoms with Gasteiger partial charge in [0.05, 0.1) is 10.4 Å². The maximum atomic E-state index is 5.97. The minimum Gasteiger partial charge on any atom is -0.329 e. The van der Waals surface area contributed by atoms with Gasteiger partial charge in [0.1, 0.15) is 0 Å². The number of unbranched alkanes of at least 4 members (excludes halogenated alkanes) is 1. The summed E-state index contributed by atoms with van der Waals surface area (Å²) in [4.78, 5) is 3.72. The van der Waals surface area contributed by atoms with Crippen LogP contribution in [0.15, 0.2) is 12.1 Å². The Hall–Kier alpha value is -0.0900. The first-order valence-electron chi connectivity index (χ1n) is 5.92. The van der Waals surface area contributed by atoms with E-state index in [4.69, 9.17) is 17.3 Å². The average Bonchev–Trinajstić information content (AvgIpc) is 2.70. The van der Waals surface area contributed by atoms with Gasteiger partial charge in [-0.25, -0.2) is 0 Å². The van der Waals surface area contributed by atoms with E-state index in [9.17, 15) is 0 Å². The molecule has 2 nitrogen and oxygen atoms in total. The smallest absolute Gasteiger partial charge is 0.0931 e. The number of hydrogen-bond acceptors (Lipinski definition) is 3. The first-order chi connectivity index (χ1) is 7.72. The van der Waals surface area contributed by atoms with Gasteiger partial charge in [-0.05, 0) is 31.6 Å². The molecule has 0 fully saturated rings. The van der Waals surface area contributed by atoms with Gasteiger partial charge in [0.25, 0.3) is 0 Å². The molecule has 1 rings (SSSR count). The predicted molar refractivity (Wildman–Crippen MR) is 73.3 cm³/mol. The summed E-state index contributed by atoms with van der Waals surface area (Å²) in [6, 6.07) is 4.38. The fourth-order valence-electron chi connectivity index (χ4n) is 1.85. The molecule has 0 aliphatic heterocycles. The maximum Gasteiger partial charge on any atom is 0.0931 e. The quantitative estimate of drug-likeness (QED) is 0.813. The summed E-state index contributed by atoms with van der Waals surface area (Å²) in [7, 11) is 0. The second-order valence-corrected chi connectivity index (χ2v) is 5.62. The molecule has 1 aromatic rings. The second kappa shape index (κ2) is 7.28. The van der Waals surface area contributed by atoms with E-state index in [0.29, 0.717) is 12.6 Å². The lowest BCUT2D eigenvalue weighted by atomic mass is 10.2. The molecule has 0 saturated carbocycles. The van der Waals surface area contributed by atoms with Crippen LogP contribution in [0.1, 0.15) is 37.6 Å². The van der Waals surface area contributed by atoms with Crippen LogP contribution in [0.2, 0.25) is 4.34 Å². The van der Waals surface area contributed by atoms with Gasteiger partial charge < -0.3 is 5.73 Å². The van der Waals surface area contributed by atoms with Crippen molar-refractivity contribution in [1.82, 2.24) is 4.90 Å². The molecule has 0 saturated heterocycles. The Labute approximate surface area is 107 Å². The van der Waals surface area contributed by atoms with Gasteiger partial charge in [-0.3, -0.25) is 4.90 Å². The number of rotatable bonds is 7. The summed E-state index contributed by atoms with van der Waals surface area (Å²) in [6.07, 6.45) is 2.45. The lowest BCUT2D eigenvalue weighted by molar-refractivity contribution is 0.212. The zero-order chi connectivity index (χ0) is 12.0. The van der Waals surface area contributed by atoms with E-state index in [1.807, 2.05) is 6.07 Å². The van der Waals surface area contributed by atoms with E-state index in [0.717, 1.165) is 17.4 Å². The van der Waals surface area contributed by atoms with Gasteiger partial charge in [-0.15, -0.1) is 11.3 Å². The van der Waals surface area contributed by atoms with Crippen molar-refractivity contribution in [2.75, 3.05) is 19.6 Å². The van der Waals surface area contributed by atoms with Crippen molar-refractivity contribution in [1.29, 1.82) is 0 Å². The fourth-order valence-corrected chi connectivity index (χ4v) is 3.06. The van der Waals surface area contributed by atoms with E-state index >= 15 is 0 Å². The van der Waals surface area contributed by atoms with Gasteiger partial charge >= 0.3 is 0 Å². The van der Waals surface area contributed by atoms with Crippen molar-refractivity contribution in [2.45, 2.75) is 32.7 Å². The highest BCUT2D eigenvalue weighted by molar-refractivity contribution is 7.16. The molecule has 1 atom stereocenters. The number of likely N-dealkylation sites (N-methyl/N-ethyl adjacent to an activating group) is 1. The lowest BCUT2D eigenvalue weighted by Gasteiger charge is -2.28. The molecular weight excluding hydrogens is 240 g/mol. The molecule has 0 aliphatic carbocycles. The van der Waals surface area contributed by atoms with Crippen LogP contribution in [0.3, 0.4) is 0 Å². The molecule has 1 heterocycles. The standard InChI is InChI=1S/C12H21ClN2S/c1-3-5-8-15(4-2)10(9-14)11-6-7-12(13)16-11/h6-7,10H,3-5,8-9,14H2,1-2H3. The number of nitrogens with two attached hydrogens (primary N) is 1. The van der Waals surface area contributed by atoms with Crippen molar-refractivity contribution in [3.05, 3.63) is 21.3 Å². The molecule has 0 aliphatic rings. The number of thiophene rings is 1. The second-order valence-electron chi connectivity index (χ2n) is 3.88. The van der Waals surface area contributed by atoms with Crippen LogP contribution in [0.25, 0.3) is 0 Å². The third-order valence-electron chi connectivity index (χ3n) is 2.79. The van der Waals surface area contributed by atoms with Crippen LogP contribution in [0.4, 0.5) is 0 Å². The maximum absolute atomic E-state index is 5.97. The minimum atomic E-state index is 0.328. The van der Waals surface area contributed by atoms with Crippen molar-refractivity contribution >= 4 is 22.9 Å². The summed E-state index contributed by atoms with van der Waals surface area (Å²) in [5, 5.41) is 0. The van der Waals surface area contributed by atoms with Crippen LogP contribution in [0.5, 0.6) is 0 Å². The summed E-state index contributed by atoms with van der Waals surface area (Å²) >= 11 is 7.61. The molecule has 4 heteroatoms. The van der Waals surface area contributed by atoms with Crippen LogP contribution < -0.4 is 5.73 Å². The molecule has 92 valence electrons. The van der Waals surface area contributed by atoms with E-state index in [1.165, 1.54) is 17.7 Å². The number of halogens is 1. The molecule has 0 radical (unpaired) electrons. The molecule has 0 amide bonds. The van der Waals surface area contributed by atoms with Crippen molar-refractivity contribution in [2.24, 2.45) is 5.73 Å². The van der Waals surface area contributed by atoms with E-state index in [1.54, 1.807) is 11.3 Å². The Morgan fingerprint density at radius 2 is 2.19 bits per heavy atom. The molecule has 1 unspecified atom stereocenters. The van der Waals surface area contributed by atoms with Crippen LogP contribution in [0, 0.1) is 0 Å². The monoisotopic (exact) mass is 260 g/mol. The summed E-state index contributed by atoms with van der Waals surface area (Å²) in [5.41, 5.74) is 5.88. The summed E-state index contributed by atoms with van der Waals surface area (Å²) < 4.78 is 0.847. The van der Waals surface area contributed by atoms with Gasteiger partial charge in [-0.2, -0.15) is 0 Å². The van der Waals surface area contributed by atoms with E-state index in [2.05, 4.69) is 24.8 Å². The fraction of sp³-hybridized carbons (Fsp3) is 0.667. The SMILES string of the molecule is CCCCN(CC)C(CN)c1ccc(Cl)s1. The van der Waals surface area contributed by atoms with Crippen molar-refractivity contribution in [3.63, 3.8) is 0 Å². The van der Waals surface area contributed by atoms with Gasteiger partial charge in [0.15, 0.2) is 0 Å². The Kier molecular flexibility index (Phi) is 6.36. The predicted octanol–water partition coefficient (Wildman–Crippen LogP) is 3.52. The minimum absolute atomic E-state index is 0.328. The van der Waals surface area contributed by atoms with Gasteiger partial charge in [0.2, 0.25) is 0 Å². The molecule has 1 aromatic heterocycles. The van der Waals surface area contributed by atoms with E-state index < -0.39 is 0 Å². The van der Waals surface area contributed by atoms with E-state index in [-0.39, 0.29) is 0 Å². The summed E-state index contributed by atoms with van der Waals surface area (Å²) in [6.45, 7) is 7.22. The Morgan fingerprint density at radius 1 is 1.44 bits per heavy atom.